The number of hydrogen-bond donors (Lipinski definition) is 2. The van der Waals surface area contributed by atoms with E-state index in [0.717, 1.165) is 6.07 Å². The third-order valence-electron chi connectivity index (χ3n) is 5.52. The molecular weight excluding hydrogens is 459 g/mol. The molecule has 1 aromatic carbocycles. The molecule has 0 bridgehead atoms. The van der Waals surface area contributed by atoms with Crippen LogP contribution >= 0.6 is 0 Å². The predicted molar refractivity (Wildman–Crippen MR) is 116 cm³/mol. The van der Waals surface area contributed by atoms with Gasteiger partial charge in [0.05, 0.1) is 11.1 Å². The molecule has 174 valence electrons. The number of nitrogens with one attached hydrogen (secondary N) is 1. The first-order valence-corrected chi connectivity index (χ1v) is 11.5. The molecule has 0 unspecified atom stereocenters. The number of nitrogens with zero attached hydrogens (tertiary/aromatic N) is 3. The normalized spacial score (nSPS) is 18.3. The number of hydrogen-bond acceptors (Lipinski definition) is 6. The average molecular weight is 479 g/mol. The number of fused-ring (bicyclic) bond motifs is 1. The van der Waals surface area contributed by atoms with E-state index in [9.17, 15) is 26.4 Å². The lowest BCUT2D eigenvalue weighted by atomic mass is 9.95. The molecule has 1 aliphatic heterocycles. The number of aromatic nitrogens is 2. The van der Waals surface area contributed by atoms with Gasteiger partial charge in [0.1, 0.15) is 11.6 Å². The topological polar surface area (TPSA) is 118 Å². The second kappa shape index (κ2) is 8.27. The van der Waals surface area contributed by atoms with Gasteiger partial charge in [-0.2, -0.15) is 0 Å². The number of primary sulfonamides is 1. The van der Waals surface area contributed by atoms with Crippen LogP contribution in [0.15, 0.2) is 47.6 Å². The van der Waals surface area contributed by atoms with Crippen molar-refractivity contribution >= 4 is 38.3 Å². The van der Waals surface area contributed by atoms with Gasteiger partial charge in [-0.3, -0.25) is 4.79 Å². The van der Waals surface area contributed by atoms with Crippen LogP contribution < -0.4 is 15.4 Å². The summed E-state index contributed by atoms with van der Waals surface area (Å²) in [6.07, 6.45) is 0.763. The minimum Gasteiger partial charge on any atom is -0.355 e. The van der Waals surface area contributed by atoms with Crippen molar-refractivity contribution < 1.29 is 26.4 Å². The van der Waals surface area contributed by atoms with E-state index >= 15 is 0 Å². The number of halogens is 3. The molecule has 3 N–H and O–H groups in total. The monoisotopic (exact) mass is 479 g/mol. The first kappa shape index (κ1) is 22.9. The predicted octanol–water partition coefficient (Wildman–Crippen LogP) is 3.15. The quantitative estimate of drug-likeness (QED) is 0.594. The van der Waals surface area contributed by atoms with Crippen molar-refractivity contribution in [1.82, 2.24) is 9.97 Å². The number of piperidine rings is 1. The van der Waals surface area contributed by atoms with Crippen molar-refractivity contribution in [2.75, 3.05) is 23.3 Å². The van der Waals surface area contributed by atoms with Crippen LogP contribution in [0.2, 0.25) is 0 Å². The lowest BCUT2D eigenvalue weighted by molar-refractivity contribution is -0.0652. The minimum absolute atomic E-state index is 0.0257. The molecule has 3 heterocycles. The maximum atomic E-state index is 14.0. The maximum absolute atomic E-state index is 14.0. The van der Waals surface area contributed by atoms with Gasteiger partial charge in [-0.05, 0) is 30.3 Å². The Kier molecular flexibility index (Phi) is 5.74. The fourth-order valence-corrected chi connectivity index (χ4v) is 4.16. The number of carbonyl (C=O) groups excluding carboxylic acids is 1. The molecule has 1 aliphatic rings. The Bertz CT molecular complexity index is 1350. The molecule has 3 aromatic rings. The van der Waals surface area contributed by atoms with Crippen LogP contribution in [0, 0.1) is 11.7 Å². The molecule has 8 nitrogen and oxygen atoms in total. The number of alkyl halides is 2. The van der Waals surface area contributed by atoms with Gasteiger partial charge in [0.2, 0.25) is 0 Å². The molecule has 0 aliphatic carbocycles. The number of anilines is 2. The van der Waals surface area contributed by atoms with Crippen LogP contribution in [0.5, 0.6) is 0 Å². The molecule has 1 amide bonds. The lowest BCUT2D eigenvalue weighted by Gasteiger charge is -2.38. The van der Waals surface area contributed by atoms with Gasteiger partial charge in [-0.15, -0.1) is 0 Å². The smallest absolute Gasteiger partial charge is 0.259 e. The Morgan fingerprint density at radius 3 is 2.70 bits per heavy atom. The molecule has 0 radical (unpaired) electrons. The van der Waals surface area contributed by atoms with E-state index in [-0.39, 0.29) is 30.2 Å². The first-order chi connectivity index (χ1) is 15.4. The molecule has 0 spiro atoms. The summed E-state index contributed by atoms with van der Waals surface area (Å²) in [6, 6.07) is 7.75. The summed E-state index contributed by atoms with van der Waals surface area (Å²) in [5.41, 5.74) is 0.524. The number of carbonyl (C=O) groups is 1. The van der Waals surface area contributed by atoms with E-state index in [1.54, 1.807) is 4.90 Å². The summed E-state index contributed by atoms with van der Waals surface area (Å²) >= 11 is 0. The van der Waals surface area contributed by atoms with Crippen molar-refractivity contribution in [2.45, 2.75) is 24.3 Å². The highest BCUT2D eigenvalue weighted by molar-refractivity contribution is 7.89. The van der Waals surface area contributed by atoms with E-state index < -0.39 is 45.0 Å². The van der Waals surface area contributed by atoms with Gasteiger partial charge < -0.3 is 10.2 Å². The highest BCUT2D eigenvalue weighted by Gasteiger charge is 2.42. The standard InChI is InChI=1S/C21H20F3N5O3S/c1-12-11-29(7-5-21(12,23)24)19-16(9-13-8-14(22)2-3-17(13)28-19)20(30)27-15-4-6-26-18(10-15)33(25,31)32/h2-4,6,8-10,12H,5,7,11H2,1H3,(H2,25,31,32)(H,26,27,30)/t12-/m0/s1. The largest absolute Gasteiger partial charge is 0.355 e. The second-order valence-corrected chi connectivity index (χ2v) is 9.44. The maximum Gasteiger partial charge on any atom is 0.259 e. The van der Waals surface area contributed by atoms with Crippen molar-refractivity contribution in [1.29, 1.82) is 0 Å². The van der Waals surface area contributed by atoms with Gasteiger partial charge in [0.25, 0.3) is 21.9 Å². The number of pyridine rings is 2. The third kappa shape index (κ3) is 4.76. The number of rotatable bonds is 4. The van der Waals surface area contributed by atoms with Crippen molar-refractivity contribution in [3.05, 3.63) is 54.0 Å². The summed E-state index contributed by atoms with van der Waals surface area (Å²) in [4.78, 5) is 22.9. The molecule has 2 aromatic heterocycles. The molecular formula is C21H20F3N5O3S. The Morgan fingerprint density at radius 1 is 1.24 bits per heavy atom. The Labute approximate surface area is 187 Å². The van der Waals surface area contributed by atoms with Crippen LogP contribution in [-0.2, 0) is 10.0 Å². The highest BCUT2D eigenvalue weighted by atomic mass is 32.2. The fraction of sp³-hybridized carbons (Fsp3) is 0.286. The number of sulfonamides is 1. The Hall–Kier alpha value is -3.25. The zero-order valence-corrected chi connectivity index (χ0v) is 18.2. The van der Waals surface area contributed by atoms with Gasteiger partial charge in [-0.25, -0.2) is 36.7 Å². The zero-order chi connectivity index (χ0) is 24.0. The Morgan fingerprint density at radius 2 is 2.00 bits per heavy atom. The molecule has 12 heteroatoms. The van der Waals surface area contributed by atoms with Crippen molar-refractivity contribution in [3.63, 3.8) is 0 Å². The average Bonchev–Trinajstić information content (AvgIpc) is 2.74. The van der Waals surface area contributed by atoms with Gasteiger partial charge >= 0.3 is 0 Å². The number of amides is 1. The van der Waals surface area contributed by atoms with E-state index in [2.05, 4.69) is 15.3 Å². The number of nitrogens with two attached hydrogens (primary N) is 1. The van der Waals surface area contributed by atoms with Gasteiger partial charge in [0.15, 0.2) is 5.03 Å². The summed E-state index contributed by atoms with van der Waals surface area (Å²) in [7, 11) is -4.10. The summed E-state index contributed by atoms with van der Waals surface area (Å²) in [6.45, 7) is 1.37. The van der Waals surface area contributed by atoms with Gasteiger partial charge in [0, 0.05) is 48.8 Å². The van der Waals surface area contributed by atoms with Crippen molar-refractivity contribution in [2.24, 2.45) is 11.1 Å². The van der Waals surface area contributed by atoms with Crippen molar-refractivity contribution in [3.8, 4) is 0 Å². The van der Waals surface area contributed by atoms with E-state index in [1.165, 1.54) is 43.5 Å². The molecule has 1 fully saturated rings. The first-order valence-electron chi connectivity index (χ1n) is 9.97. The molecule has 4 rings (SSSR count). The van der Waals surface area contributed by atoms with Gasteiger partial charge in [-0.1, -0.05) is 6.92 Å². The molecule has 1 atom stereocenters. The summed E-state index contributed by atoms with van der Waals surface area (Å²) in [5.74, 6) is -4.83. The second-order valence-electron chi connectivity index (χ2n) is 7.94. The number of benzene rings is 1. The van der Waals surface area contributed by atoms with E-state index in [4.69, 9.17) is 5.14 Å². The van der Waals surface area contributed by atoms with Crippen LogP contribution in [0.1, 0.15) is 23.7 Å². The van der Waals surface area contributed by atoms with E-state index in [0.29, 0.717) is 10.9 Å². The minimum atomic E-state index is -4.10. The van der Waals surface area contributed by atoms with Crippen LogP contribution in [0.3, 0.4) is 0 Å². The van der Waals surface area contributed by atoms with Crippen LogP contribution in [0.4, 0.5) is 24.7 Å². The van der Waals surface area contributed by atoms with E-state index in [1.807, 2.05) is 0 Å². The zero-order valence-electron chi connectivity index (χ0n) is 17.4. The Balaban J connectivity index is 1.75. The summed E-state index contributed by atoms with van der Waals surface area (Å²) < 4.78 is 64.9. The SMILES string of the molecule is C[C@H]1CN(c2nc3ccc(F)cc3cc2C(=O)Nc2ccnc(S(N)(=O)=O)c2)CCC1(F)F. The van der Waals surface area contributed by atoms with Crippen LogP contribution in [-0.4, -0.2) is 43.3 Å². The molecule has 33 heavy (non-hydrogen) atoms. The molecule has 0 saturated carbocycles. The fourth-order valence-electron chi connectivity index (χ4n) is 3.66. The van der Waals surface area contributed by atoms with Crippen LogP contribution in [0.25, 0.3) is 10.9 Å². The highest BCUT2D eigenvalue weighted by Crippen LogP contribution is 2.36. The summed E-state index contributed by atoms with van der Waals surface area (Å²) in [5, 5.41) is 7.54. The lowest BCUT2D eigenvalue weighted by Crippen LogP contribution is -2.46. The molecule has 1 saturated heterocycles. The third-order valence-corrected chi connectivity index (χ3v) is 6.32.